The number of Topliss-reactive ketones (excluding diaryl/α,β-unsaturated/α-hetero) is 1. The maximum atomic E-state index is 11.5. The second-order valence-corrected chi connectivity index (χ2v) is 5.44. The van der Waals surface area contributed by atoms with Crippen LogP contribution in [0.2, 0.25) is 0 Å². The Morgan fingerprint density at radius 2 is 2.00 bits per heavy atom. The van der Waals surface area contributed by atoms with E-state index in [4.69, 9.17) is 5.73 Å². The first-order valence-electron chi connectivity index (χ1n) is 6.49. The summed E-state index contributed by atoms with van der Waals surface area (Å²) in [6, 6.07) is 0. The highest BCUT2D eigenvalue weighted by Gasteiger charge is 2.43. The minimum atomic E-state index is 0.495. The Hall–Kier alpha value is -0.370. The van der Waals surface area contributed by atoms with Crippen LogP contribution in [0.15, 0.2) is 0 Å². The Morgan fingerprint density at radius 3 is 2.67 bits per heavy atom. The van der Waals surface area contributed by atoms with Gasteiger partial charge in [-0.1, -0.05) is 12.8 Å². The Kier molecular flexibility index (Phi) is 3.45. The van der Waals surface area contributed by atoms with Gasteiger partial charge in [-0.25, -0.2) is 0 Å². The number of nitrogens with two attached hydrogens (primary N) is 1. The van der Waals surface area contributed by atoms with E-state index in [-0.39, 0.29) is 0 Å². The standard InChI is InChI=1S/C13H23NO/c14-9-3-4-11-10-12(15)5-8-13(11)6-1-2-7-13/h11H,1-10,14H2. The smallest absolute Gasteiger partial charge is 0.133 e. The van der Waals surface area contributed by atoms with E-state index in [9.17, 15) is 4.79 Å². The van der Waals surface area contributed by atoms with Gasteiger partial charge in [-0.3, -0.25) is 4.79 Å². The van der Waals surface area contributed by atoms with Gasteiger partial charge in [0.15, 0.2) is 0 Å². The summed E-state index contributed by atoms with van der Waals surface area (Å²) in [6.45, 7) is 0.779. The molecule has 0 amide bonds. The molecule has 0 radical (unpaired) electrons. The molecule has 2 fully saturated rings. The quantitative estimate of drug-likeness (QED) is 0.776. The molecule has 2 aliphatic carbocycles. The second-order valence-electron chi connectivity index (χ2n) is 5.44. The number of hydrogen-bond donors (Lipinski definition) is 1. The highest BCUT2D eigenvalue weighted by atomic mass is 16.1. The van der Waals surface area contributed by atoms with Crippen LogP contribution in [0.3, 0.4) is 0 Å². The van der Waals surface area contributed by atoms with E-state index in [2.05, 4.69) is 0 Å². The summed E-state index contributed by atoms with van der Waals surface area (Å²) in [5.74, 6) is 1.15. The van der Waals surface area contributed by atoms with Gasteiger partial charge in [-0.05, 0) is 50.0 Å². The van der Waals surface area contributed by atoms with Crippen LogP contribution in [0.25, 0.3) is 0 Å². The Labute approximate surface area is 92.6 Å². The van der Waals surface area contributed by atoms with Gasteiger partial charge in [0.05, 0.1) is 0 Å². The lowest BCUT2D eigenvalue weighted by molar-refractivity contribution is -0.125. The fourth-order valence-corrected chi connectivity index (χ4v) is 3.70. The first-order chi connectivity index (χ1) is 7.27. The molecule has 0 aliphatic heterocycles. The maximum Gasteiger partial charge on any atom is 0.133 e. The van der Waals surface area contributed by atoms with Crippen molar-refractivity contribution in [1.82, 2.24) is 0 Å². The number of rotatable bonds is 3. The molecule has 2 aliphatic rings. The van der Waals surface area contributed by atoms with Gasteiger partial charge < -0.3 is 5.73 Å². The van der Waals surface area contributed by atoms with Crippen molar-refractivity contribution in [1.29, 1.82) is 0 Å². The maximum absolute atomic E-state index is 11.5. The van der Waals surface area contributed by atoms with Crippen molar-refractivity contribution in [3.05, 3.63) is 0 Å². The summed E-state index contributed by atoms with van der Waals surface area (Å²) in [7, 11) is 0. The normalized spacial score (nSPS) is 29.9. The molecule has 2 rings (SSSR count). The van der Waals surface area contributed by atoms with E-state index in [1.54, 1.807) is 0 Å². The largest absolute Gasteiger partial charge is 0.330 e. The SMILES string of the molecule is NCCCC1CC(=O)CCC12CCCC2. The van der Waals surface area contributed by atoms with Gasteiger partial charge in [0.2, 0.25) is 0 Å². The third-order valence-electron chi connectivity index (χ3n) is 4.60. The van der Waals surface area contributed by atoms with E-state index < -0.39 is 0 Å². The zero-order chi connectivity index (χ0) is 10.7. The molecule has 0 aromatic rings. The summed E-state index contributed by atoms with van der Waals surface area (Å²) in [6.07, 6.45) is 10.6. The molecule has 86 valence electrons. The van der Waals surface area contributed by atoms with Crippen LogP contribution in [0.1, 0.15) is 57.8 Å². The van der Waals surface area contributed by atoms with Crippen molar-refractivity contribution in [2.45, 2.75) is 57.8 Å². The monoisotopic (exact) mass is 209 g/mol. The highest BCUT2D eigenvalue weighted by molar-refractivity contribution is 5.79. The summed E-state index contributed by atoms with van der Waals surface area (Å²) in [4.78, 5) is 11.5. The molecular weight excluding hydrogens is 186 g/mol. The molecule has 0 bridgehead atoms. The van der Waals surface area contributed by atoms with Crippen molar-refractivity contribution in [2.75, 3.05) is 6.54 Å². The third-order valence-corrected chi connectivity index (χ3v) is 4.60. The average Bonchev–Trinajstić information content (AvgIpc) is 2.70. The molecule has 2 heteroatoms. The fraction of sp³-hybridized carbons (Fsp3) is 0.923. The summed E-state index contributed by atoms with van der Waals surface area (Å²) < 4.78 is 0. The minimum absolute atomic E-state index is 0.495. The first-order valence-corrected chi connectivity index (χ1v) is 6.49. The van der Waals surface area contributed by atoms with E-state index in [1.165, 1.54) is 38.5 Å². The summed E-state index contributed by atoms with van der Waals surface area (Å²) >= 11 is 0. The van der Waals surface area contributed by atoms with Crippen molar-refractivity contribution >= 4 is 5.78 Å². The molecule has 15 heavy (non-hydrogen) atoms. The first kappa shape index (κ1) is 11.1. The molecule has 2 nitrogen and oxygen atoms in total. The number of carbonyl (C=O) groups is 1. The fourth-order valence-electron chi connectivity index (χ4n) is 3.70. The molecule has 0 heterocycles. The molecule has 1 atom stereocenters. The van der Waals surface area contributed by atoms with E-state index >= 15 is 0 Å². The third kappa shape index (κ3) is 2.25. The lowest BCUT2D eigenvalue weighted by Crippen LogP contribution is -2.35. The van der Waals surface area contributed by atoms with Crippen LogP contribution in [-0.4, -0.2) is 12.3 Å². The van der Waals surface area contributed by atoms with Crippen LogP contribution in [-0.2, 0) is 4.79 Å². The topological polar surface area (TPSA) is 43.1 Å². The van der Waals surface area contributed by atoms with Gasteiger partial charge in [-0.15, -0.1) is 0 Å². The van der Waals surface area contributed by atoms with Crippen molar-refractivity contribution in [2.24, 2.45) is 17.1 Å². The molecule has 2 N–H and O–H groups in total. The van der Waals surface area contributed by atoms with Gasteiger partial charge in [0.1, 0.15) is 5.78 Å². The van der Waals surface area contributed by atoms with Gasteiger partial charge in [0.25, 0.3) is 0 Å². The van der Waals surface area contributed by atoms with Crippen LogP contribution in [0.4, 0.5) is 0 Å². The zero-order valence-corrected chi connectivity index (χ0v) is 9.63. The molecule has 0 saturated heterocycles. The molecule has 1 spiro atoms. The Bertz CT molecular complexity index is 231. The van der Waals surface area contributed by atoms with E-state index in [0.29, 0.717) is 17.1 Å². The van der Waals surface area contributed by atoms with Crippen LogP contribution in [0, 0.1) is 11.3 Å². The van der Waals surface area contributed by atoms with E-state index in [0.717, 1.165) is 25.8 Å². The van der Waals surface area contributed by atoms with Gasteiger partial charge in [-0.2, -0.15) is 0 Å². The molecule has 1 unspecified atom stereocenters. The Balaban J connectivity index is 2.02. The molecular formula is C13H23NO. The van der Waals surface area contributed by atoms with Crippen LogP contribution < -0.4 is 5.73 Å². The molecule has 0 aromatic heterocycles. The van der Waals surface area contributed by atoms with Crippen LogP contribution >= 0.6 is 0 Å². The highest BCUT2D eigenvalue weighted by Crippen LogP contribution is 2.53. The predicted octanol–water partition coefficient (Wildman–Crippen LogP) is 2.65. The Morgan fingerprint density at radius 1 is 1.27 bits per heavy atom. The molecule has 0 aromatic carbocycles. The minimum Gasteiger partial charge on any atom is -0.330 e. The zero-order valence-electron chi connectivity index (χ0n) is 9.63. The number of ketones is 1. The summed E-state index contributed by atoms with van der Waals surface area (Å²) in [5, 5.41) is 0. The lowest BCUT2D eigenvalue weighted by atomic mass is 9.63. The van der Waals surface area contributed by atoms with Crippen molar-refractivity contribution in [3.63, 3.8) is 0 Å². The lowest BCUT2D eigenvalue weighted by Gasteiger charge is -2.41. The average molecular weight is 209 g/mol. The van der Waals surface area contributed by atoms with Crippen LogP contribution in [0.5, 0.6) is 0 Å². The molecule has 2 saturated carbocycles. The number of carbonyl (C=O) groups excluding carboxylic acids is 1. The van der Waals surface area contributed by atoms with Gasteiger partial charge in [0, 0.05) is 12.8 Å². The summed E-state index contributed by atoms with van der Waals surface area (Å²) in [5.41, 5.74) is 6.13. The van der Waals surface area contributed by atoms with Crippen molar-refractivity contribution < 1.29 is 4.79 Å². The second kappa shape index (κ2) is 4.65. The predicted molar refractivity (Wildman–Crippen MR) is 61.5 cm³/mol. The van der Waals surface area contributed by atoms with E-state index in [1.807, 2.05) is 0 Å². The van der Waals surface area contributed by atoms with Gasteiger partial charge >= 0.3 is 0 Å². The van der Waals surface area contributed by atoms with Crippen molar-refractivity contribution in [3.8, 4) is 0 Å². The number of hydrogen-bond acceptors (Lipinski definition) is 2.